The van der Waals surface area contributed by atoms with Crippen LogP contribution in [0, 0.1) is 0 Å². The fourth-order valence-electron chi connectivity index (χ4n) is 0.387. The minimum atomic E-state index is 0. The smallest absolute Gasteiger partial charge is 0.0964 e. The van der Waals surface area contributed by atoms with E-state index in [0.29, 0.717) is 0 Å². The molecule has 3 heteroatoms. The maximum Gasteiger partial charge on any atom is 0.0964 e. The molecule has 0 aromatic heterocycles. The molecule has 0 aliphatic heterocycles. The molecule has 0 aromatic rings. The molecule has 9 heavy (non-hydrogen) atoms. The molecule has 0 N–H and O–H groups in total. The first kappa shape index (κ1) is 16.3. The van der Waals surface area contributed by atoms with Crippen molar-refractivity contribution in [2.75, 3.05) is 27.7 Å². The summed E-state index contributed by atoms with van der Waals surface area (Å²) >= 11 is 0. The number of nitrogens with zero attached hydrogens (tertiary/aromatic N) is 1. The molecule has 58 valence electrons. The van der Waals surface area contributed by atoms with Crippen molar-refractivity contribution in [2.45, 2.75) is 0 Å². The molecule has 0 rings (SSSR count). The van der Waals surface area contributed by atoms with Crippen LogP contribution in [0.2, 0.25) is 0 Å². The molecule has 0 aliphatic rings. The van der Waals surface area contributed by atoms with Crippen LogP contribution in [-0.2, 0) is 0 Å². The van der Waals surface area contributed by atoms with Gasteiger partial charge in [0.05, 0.1) is 27.7 Å². The number of rotatable bonds is 2. The SMILES string of the molecule is Br.Br.C=CC[N+](C)(C)C. The molecule has 0 aromatic carbocycles. The third-order valence-electron chi connectivity index (χ3n) is 0.677. The molecule has 0 saturated carbocycles. The summed E-state index contributed by atoms with van der Waals surface area (Å²) in [6, 6.07) is 0. The van der Waals surface area contributed by atoms with Crippen molar-refractivity contribution in [1.29, 1.82) is 0 Å². The first-order valence-corrected chi connectivity index (χ1v) is 2.47. The van der Waals surface area contributed by atoms with Gasteiger partial charge in [-0.15, -0.1) is 34.0 Å². The van der Waals surface area contributed by atoms with Crippen molar-refractivity contribution in [2.24, 2.45) is 0 Å². The molecule has 0 aliphatic carbocycles. The largest absolute Gasteiger partial charge is 0.328 e. The van der Waals surface area contributed by atoms with E-state index in [-0.39, 0.29) is 34.0 Å². The van der Waals surface area contributed by atoms with E-state index in [1.165, 1.54) is 0 Å². The molecular weight excluding hydrogens is 246 g/mol. The van der Waals surface area contributed by atoms with Crippen LogP contribution < -0.4 is 0 Å². The van der Waals surface area contributed by atoms with Crippen molar-refractivity contribution in [3.05, 3.63) is 12.7 Å². The summed E-state index contributed by atoms with van der Waals surface area (Å²) < 4.78 is 0.976. The minimum Gasteiger partial charge on any atom is -0.328 e. The second-order valence-electron chi connectivity index (χ2n) is 2.76. The zero-order valence-corrected chi connectivity index (χ0v) is 9.68. The molecule has 0 bridgehead atoms. The Kier molecular flexibility index (Phi) is 12.3. The molecule has 0 spiro atoms. The van der Waals surface area contributed by atoms with Crippen LogP contribution in [0.15, 0.2) is 12.7 Å². The Bertz CT molecular complexity index is 65.9. The Morgan fingerprint density at radius 2 is 1.56 bits per heavy atom. The highest BCUT2D eigenvalue weighted by atomic mass is 79.9. The maximum absolute atomic E-state index is 3.63. The third-order valence-corrected chi connectivity index (χ3v) is 0.677. The first-order valence-electron chi connectivity index (χ1n) is 2.47. The first-order chi connectivity index (χ1) is 3.06. The van der Waals surface area contributed by atoms with E-state index >= 15 is 0 Å². The predicted octanol–water partition coefficient (Wildman–Crippen LogP) is 2.03. The monoisotopic (exact) mass is 260 g/mol. The molecule has 0 amide bonds. The van der Waals surface area contributed by atoms with Gasteiger partial charge >= 0.3 is 0 Å². The lowest BCUT2D eigenvalue weighted by atomic mass is 10.5. The molecule has 1 nitrogen and oxygen atoms in total. The molecule has 0 unspecified atom stereocenters. The van der Waals surface area contributed by atoms with Crippen molar-refractivity contribution in [3.63, 3.8) is 0 Å². The lowest BCUT2D eigenvalue weighted by Gasteiger charge is -2.21. The van der Waals surface area contributed by atoms with Crippen molar-refractivity contribution in [3.8, 4) is 0 Å². The highest BCUT2D eigenvalue weighted by Crippen LogP contribution is 1.86. The fraction of sp³-hybridized carbons (Fsp3) is 0.667. The van der Waals surface area contributed by atoms with Gasteiger partial charge in [-0.1, -0.05) is 6.58 Å². The molecule has 0 fully saturated rings. The number of hydrogen-bond acceptors (Lipinski definition) is 0. The van der Waals surface area contributed by atoms with E-state index in [9.17, 15) is 0 Å². The number of likely N-dealkylation sites (N-methyl/N-ethyl adjacent to an activating group) is 1. The van der Waals surface area contributed by atoms with Gasteiger partial charge in [-0.25, -0.2) is 0 Å². The second kappa shape index (κ2) is 6.78. The van der Waals surface area contributed by atoms with Crippen LogP contribution in [0.4, 0.5) is 0 Å². The minimum absolute atomic E-state index is 0. The summed E-state index contributed by atoms with van der Waals surface area (Å²) in [6.45, 7) is 4.67. The van der Waals surface area contributed by atoms with Crippen LogP contribution in [0.1, 0.15) is 0 Å². The Morgan fingerprint density at radius 1 is 1.22 bits per heavy atom. The Morgan fingerprint density at radius 3 is 1.56 bits per heavy atom. The van der Waals surface area contributed by atoms with E-state index in [1.54, 1.807) is 0 Å². The second-order valence-corrected chi connectivity index (χ2v) is 2.76. The Labute approximate surface area is 78.9 Å². The predicted molar refractivity (Wildman–Crippen MR) is 53.7 cm³/mol. The highest BCUT2D eigenvalue weighted by Gasteiger charge is 1.99. The fourth-order valence-corrected chi connectivity index (χ4v) is 0.387. The molecule has 0 saturated heterocycles. The van der Waals surface area contributed by atoms with Gasteiger partial charge in [-0.3, -0.25) is 0 Å². The van der Waals surface area contributed by atoms with E-state index in [1.807, 2.05) is 6.08 Å². The van der Waals surface area contributed by atoms with Crippen molar-refractivity contribution in [1.82, 2.24) is 0 Å². The standard InChI is InChI=1S/C6H14N.2BrH/c1-5-6-7(2,3)4;;/h5H,1,6H2,2-4H3;2*1H/q+1;;. The van der Waals surface area contributed by atoms with Gasteiger partial charge in [0.15, 0.2) is 0 Å². The lowest BCUT2D eigenvalue weighted by Crippen LogP contribution is -2.33. The van der Waals surface area contributed by atoms with E-state index in [0.717, 1.165) is 11.0 Å². The van der Waals surface area contributed by atoms with Crippen LogP contribution in [0.5, 0.6) is 0 Å². The molecule has 0 atom stereocenters. The summed E-state index contributed by atoms with van der Waals surface area (Å²) in [6.07, 6.45) is 1.93. The highest BCUT2D eigenvalue weighted by molar-refractivity contribution is 8.93. The van der Waals surface area contributed by atoms with Gasteiger partial charge in [0.25, 0.3) is 0 Å². The lowest BCUT2D eigenvalue weighted by molar-refractivity contribution is -0.864. The molecule has 0 radical (unpaired) electrons. The van der Waals surface area contributed by atoms with E-state index in [4.69, 9.17) is 0 Å². The van der Waals surface area contributed by atoms with E-state index in [2.05, 4.69) is 27.7 Å². The van der Waals surface area contributed by atoms with Gasteiger partial charge in [0, 0.05) is 0 Å². The van der Waals surface area contributed by atoms with Crippen molar-refractivity contribution >= 4 is 34.0 Å². The summed E-state index contributed by atoms with van der Waals surface area (Å²) in [7, 11) is 6.42. The average Bonchev–Trinajstić information content (AvgIpc) is 1.30. The van der Waals surface area contributed by atoms with Crippen LogP contribution in [0.3, 0.4) is 0 Å². The van der Waals surface area contributed by atoms with Gasteiger partial charge in [0.2, 0.25) is 0 Å². The van der Waals surface area contributed by atoms with E-state index < -0.39 is 0 Å². The normalized spacial score (nSPS) is 8.78. The van der Waals surface area contributed by atoms with Gasteiger partial charge < -0.3 is 4.48 Å². The molecular formula is C6H16Br2N+. The van der Waals surface area contributed by atoms with Crippen molar-refractivity contribution < 1.29 is 4.48 Å². The van der Waals surface area contributed by atoms with Crippen LogP contribution >= 0.6 is 34.0 Å². The van der Waals surface area contributed by atoms with Gasteiger partial charge in [0.1, 0.15) is 0 Å². The molecule has 0 heterocycles. The Balaban J connectivity index is -0.000000180. The summed E-state index contributed by atoms with van der Waals surface area (Å²) in [5.74, 6) is 0. The quantitative estimate of drug-likeness (QED) is 0.527. The maximum atomic E-state index is 3.63. The number of hydrogen-bond donors (Lipinski definition) is 0. The third kappa shape index (κ3) is 17.7. The average molecular weight is 262 g/mol. The van der Waals surface area contributed by atoms with Gasteiger partial charge in [-0.2, -0.15) is 0 Å². The number of quaternary nitrogens is 1. The zero-order chi connectivity index (χ0) is 5.91. The Hall–Kier alpha value is 0.660. The van der Waals surface area contributed by atoms with Gasteiger partial charge in [-0.05, 0) is 6.08 Å². The summed E-state index contributed by atoms with van der Waals surface area (Å²) in [5.41, 5.74) is 0. The van der Waals surface area contributed by atoms with Crippen LogP contribution in [0.25, 0.3) is 0 Å². The number of halogens is 2. The van der Waals surface area contributed by atoms with Crippen LogP contribution in [-0.4, -0.2) is 32.2 Å². The topological polar surface area (TPSA) is 0 Å². The zero-order valence-electron chi connectivity index (χ0n) is 6.26. The summed E-state index contributed by atoms with van der Waals surface area (Å²) in [4.78, 5) is 0. The summed E-state index contributed by atoms with van der Waals surface area (Å²) in [5, 5.41) is 0.